The standard InChI is InChI=1S/C12H11FN2O2S/c1-15-5-4-14-12(15)18-7-8-2-3-9(13)6-10(8)11(16)17/h2-6H,7H2,1H3,(H,16,17). The van der Waals surface area contributed by atoms with Gasteiger partial charge in [0.1, 0.15) is 5.82 Å². The third-order valence-electron chi connectivity index (χ3n) is 2.44. The van der Waals surface area contributed by atoms with Crippen molar-refractivity contribution >= 4 is 17.7 Å². The zero-order valence-electron chi connectivity index (χ0n) is 9.63. The quantitative estimate of drug-likeness (QED) is 0.864. The highest BCUT2D eigenvalue weighted by Gasteiger charge is 2.12. The van der Waals surface area contributed by atoms with Gasteiger partial charge in [-0.2, -0.15) is 0 Å². The molecule has 0 unspecified atom stereocenters. The van der Waals surface area contributed by atoms with Crippen molar-refractivity contribution in [1.82, 2.24) is 9.55 Å². The van der Waals surface area contributed by atoms with Crippen molar-refractivity contribution in [2.45, 2.75) is 10.9 Å². The topological polar surface area (TPSA) is 55.1 Å². The molecule has 1 aromatic heterocycles. The molecular weight excluding hydrogens is 255 g/mol. The van der Waals surface area contributed by atoms with Crippen LogP contribution in [-0.2, 0) is 12.8 Å². The van der Waals surface area contributed by atoms with Crippen molar-refractivity contribution in [1.29, 1.82) is 0 Å². The van der Waals surface area contributed by atoms with Crippen LogP contribution >= 0.6 is 11.8 Å². The van der Waals surface area contributed by atoms with Crippen LogP contribution in [0.4, 0.5) is 4.39 Å². The van der Waals surface area contributed by atoms with E-state index in [9.17, 15) is 9.18 Å². The van der Waals surface area contributed by atoms with Crippen LogP contribution in [0.15, 0.2) is 35.7 Å². The number of thioether (sulfide) groups is 1. The number of benzene rings is 1. The van der Waals surface area contributed by atoms with E-state index < -0.39 is 11.8 Å². The van der Waals surface area contributed by atoms with Gasteiger partial charge in [0.05, 0.1) is 5.56 Å². The summed E-state index contributed by atoms with van der Waals surface area (Å²) in [6, 6.07) is 3.80. The molecule has 18 heavy (non-hydrogen) atoms. The molecule has 0 atom stereocenters. The van der Waals surface area contributed by atoms with Crippen LogP contribution in [-0.4, -0.2) is 20.6 Å². The summed E-state index contributed by atoms with van der Waals surface area (Å²) in [7, 11) is 1.86. The van der Waals surface area contributed by atoms with Crippen molar-refractivity contribution in [2.75, 3.05) is 0 Å². The Labute approximate surface area is 107 Å². The number of hydrogen-bond acceptors (Lipinski definition) is 3. The normalized spacial score (nSPS) is 10.6. The highest BCUT2D eigenvalue weighted by Crippen LogP contribution is 2.23. The number of carbonyl (C=O) groups is 1. The van der Waals surface area contributed by atoms with Crippen LogP contribution in [0, 0.1) is 5.82 Å². The molecule has 0 aliphatic heterocycles. The second kappa shape index (κ2) is 5.22. The van der Waals surface area contributed by atoms with E-state index in [-0.39, 0.29) is 5.56 Å². The lowest BCUT2D eigenvalue weighted by Crippen LogP contribution is -2.02. The van der Waals surface area contributed by atoms with Gasteiger partial charge in [0, 0.05) is 25.2 Å². The minimum absolute atomic E-state index is 0.00305. The first-order valence-electron chi connectivity index (χ1n) is 5.20. The molecule has 0 aliphatic rings. The molecule has 2 aromatic rings. The molecular formula is C12H11FN2O2S. The molecule has 1 N–H and O–H groups in total. The van der Waals surface area contributed by atoms with Crippen LogP contribution < -0.4 is 0 Å². The third kappa shape index (κ3) is 2.70. The van der Waals surface area contributed by atoms with Gasteiger partial charge in [0.25, 0.3) is 0 Å². The number of carboxylic acid groups (broad SMARTS) is 1. The van der Waals surface area contributed by atoms with Crippen molar-refractivity contribution in [3.05, 3.63) is 47.5 Å². The summed E-state index contributed by atoms with van der Waals surface area (Å²) < 4.78 is 14.8. The molecule has 1 aromatic carbocycles. The lowest BCUT2D eigenvalue weighted by molar-refractivity contribution is 0.0695. The number of carboxylic acids is 1. The second-order valence-electron chi connectivity index (χ2n) is 3.72. The highest BCUT2D eigenvalue weighted by molar-refractivity contribution is 7.98. The van der Waals surface area contributed by atoms with E-state index in [4.69, 9.17) is 5.11 Å². The van der Waals surface area contributed by atoms with E-state index in [0.717, 1.165) is 11.2 Å². The van der Waals surface area contributed by atoms with Crippen LogP contribution in [0.1, 0.15) is 15.9 Å². The van der Waals surface area contributed by atoms with E-state index in [2.05, 4.69) is 4.98 Å². The van der Waals surface area contributed by atoms with E-state index in [0.29, 0.717) is 11.3 Å². The average molecular weight is 266 g/mol. The molecule has 4 nitrogen and oxygen atoms in total. The predicted octanol–water partition coefficient (Wildman–Crippen LogP) is 2.55. The lowest BCUT2D eigenvalue weighted by atomic mass is 10.1. The number of imidazole rings is 1. The predicted molar refractivity (Wildman–Crippen MR) is 66.1 cm³/mol. The third-order valence-corrected chi connectivity index (χ3v) is 3.54. The number of aromatic nitrogens is 2. The Balaban J connectivity index is 2.19. The molecule has 1 heterocycles. The van der Waals surface area contributed by atoms with Gasteiger partial charge in [-0.15, -0.1) is 0 Å². The fourth-order valence-electron chi connectivity index (χ4n) is 1.51. The molecule has 0 bridgehead atoms. The first-order valence-corrected chi connectivity index (χ1v) is 6.18. The minimum atomic E-state index is -1.12. The van der Waals surface area contributed by atoms with Gasteiger partial charge in [-0.25, -0.2) is 14.2 Å². The zero-order valence-corrected chi connectivity index (χ0v) is 10.4. The van der Waals surface area contributed by atoms with Gasteiger partial charge in [0.2, 0.25) is 0 Å². The average Bonchev–Trinajstić information content (AvgIpc) is 2.73. The molecule has 0 aliphatic carbocycles. The van der Waals surface area contributed by atoms with Crippen molar-refractivity contribution in [3.8, 4) is 0 Å². The summed E-state index contributed by atoms with van der Waals surface area (Å²) in [5.74, 6) is -1.23. The van der Waals surface area contributed by atoms with Gasteiger partial charge in [-0.3, -0.25) is 0 Å². The van der Waals surface area contributed by atoms with Crippen LogP contribution in [0.5, 0.6) is 0 Å². The molecule has 0 spiro atoms. The summed E-state index contributed by atoms with van der Waals surface area (Å²) in [5, 5.41) is 9.79. The Hall–Kier alpha value is -1.82. The van der Waals surface area contributed by atoms with E-state index >= 15 is 0 Å². The smallest absolute Gasteiger partial charge is 0.336 e. The van der Waals surface area contributed by atoms with Crippen LogP contribution in [0.2, 0.25) is 0 Å². The Kier molecular flexibility index (Phi) is 3.66. The highest BCUT2D eigenvalue weighted by atomic mass is 32.2. The number of halogens is 1. The molecule has 0 amide bonds. The number of aryl methyl sites for hydroxylation is 1. The number of aromatic carboxylic acids is 1. The van der Waals surface area contributed by atoms with Crippen LogP contribution in [0.25, 0.3) is 0 Å². The van der Waals surface area contributed by atoms with Gasteiger partial charge in [0.15, 0.2) is 5.16 Å². The fraction of sp³-hybridized carbons (Fsp3) is 0.167. The maximum absolute atomic E-state index is 13.0. The molecule has 2 rings (SSSR count). The van der Waals surface area contributed by atoms with Gasteiger partial charge in [-0.1, -0.05) is 17.8 Å². The summed E-state index contributed by atoms with van der Waals surface area (Å²) in [6.07, 6.45) is 3.48. The Morgan fingerprint density at radius 2 is 2.33 bits per heavy atom. The molecule has 0 saturated heterocycles. The van der Waals surface area contributed by atoms with Crippen molar-refractivity contribution in [2.24, 2.45) is 7.05 Å². The molecule has 0 radical (unpaired) electrons. The summed E-state index contributed by atoms with van der Waals surface area (Å²) in [6.45, 7) is 0. The van der Waals surface area contributed by atoms with E-state index in [1.165, 1.54) is 23.9 Å². The number of nitrogens with zero attached hydrogens (tertiary/aromatic N) is 2. The second-order valence-corrected chi connectivity index (χ2v) is 4.66. The van der Waals surface area contributed by atoms with E-state index in [1.54, 1.807) is 6.20 Å². The first kappa shape index (κ1) is 12.6. The molecule has 0 saturated carbocycles. The number of hydrogen-bond donors (Lipinski definition) is 1. The van der Waals surface area contributed by atoms with Crippen LogP contribution in [0.3, 0.4) is 0 Å². The fourth-order valence-corrected chi connectivity index (χ4v) is 2.44. The molecule has 94 valence electrons. The number of rotatable bonds is 4. The van der Waals surface area contributed by atoms with Crippen molar-refractivity contribution in [3.63, 3.8) is 0 Å². The Morgan fingerprint density at radius 1 is 1.56 bits per heavy atom. The Morgan fingerprint density at radius 3 is 2.94 bits per heavy atom. The van der Waals surface area contributed by atoms with Crippen molar-refractivity contribution < 1.29 is 14.3 Å². The maximum Gasteiger partial charge on any atom is 0.336 e. The van der Waals surface area contributed by atoms with E-state index in [1.807, 2.05) is 17.8 Å². The summed E-state index contributed by atoms with van der Waals surface area (Å²) in [4.78, 5) is 15.1. The Bertz CT molecular complexity index is 583. The summed E-state index contributed by atoms with van der Waals surface area (Å²) in [5.41, 5.74) is 0.577. The SMILES string of the molecule is Cn1ccnc1SCc1ccc(F)cc1C(=O)O. The molecule has 0 fully saturated rings. The molecule has 6 heteroatoms. The monoisotopic (exact) mass is 266 g/mol. The largest absolute Gasteiger partial charge is 0.478 e. The minimum Gasteiger partial charge on any atom is -0.478 e. The van der Waals surface area contributed by atoms with Gasteiger partial charge in [-0.05, 0) is 17.7 Å². The maximum atomic E-state index is 13.0. The first-order chi connectivity index (χ1) is 8.58. The lowest BCUT2D eigenvalue weighted by Gasteiger charge is -2.06. The van der Waals surface area contributed by atoms with Gasteiger partial charge >= 0.3 is 5.97 Å². The zero-order chi connectivity index (χ0) is 13.1. The van der Waals surface area contributed by atoms with Gasteiger partial charge < -0.3 is 9.67 Å². The summed E-state index contributed by atoms with van der Waals surface area (Å²) >= 11 is 1.41.